The van der Waals surface area contributed by atoms with E-state index in [4.69, 9.17) is 14.2 Å². The average Bonchev–Trinajstić information content (AvgIpc) is 2.81. The van der Waals surface area contributed by atoms with Crippen LogP contribution in [0.25, 0.3) is 0 Å². The van der Waals surface area contributed by atoms with Gasteiger partial charge in [0.15, 0.2) is 0 Å². The first kappa shape index (κ1) is 10.3. The van der Waals surface area contributed by atoms with Gasteiger partial charge in [-0.3, -0.25) is 5.32 Å². The number of hydrogen-bond acceptors (Lipinski definition) is 4. The molecular weight excluding hydrogens is 194 g/mol. The zero-order valence-corrected chi connectivity index (χ0v) is 8.95. The van der Waals surface area contributed by atoms with E-state index in [2.05, 4.69) is 5.32 Å². The highest BCUT2D eigenvalue weighted by Gasteiger charge is 2.21. The molecule has 1 atom stereocenters. The molecule has 0 saturated carbocycles. The van der Waals surface area contributed by atoms with E-state index in [9.17, 15) is 0 Å². The Hall–Kier alpha value is -1.26. The molecule has 1 saturated heterocycles. The van der Waals surface area contributed by atoms with Gasteiger partial charge in [-0.2, -0.15) is 0 Å². The van der Waals surface area contributed by atoms with Gasteiger partial charge in [-0.25, -0.2) is 0 Å². The molecule has 1 fully saturated rings. The van der Waals surface area contributed by atoms with Crippen molar-refractivity contribution in [1.29, 1.82) is 0 Å². The van der Waals surface area contributed by atoms with Crippen molar-refractivity contribution in [3.05, 3.63) is 23.8 Å². The summed E-state index contributed by atoms with van der Waals surface area (Å²) < 4.78 is 16.0. The van der Waals surface area contributed by atoms with Crippen LogP contribution in [0.3, 0.4) is 0 Å². The van der Waals surface area contributed by atoms with Gasteiger partial charge in [0, 0.05) is 12.1 Å². The standard InChI is InChI=1S/C11H15NO3/c1-13-8-3-4-10(14-2)9(5-8)11-6-12-7-15-11/h3-5,11-12H,6-7H2,1-2H3. The molecule has 1 N–H and O–H groups in total. The lowest BCUT2D eigenvalue weighted by Crippen LogP contribution is -2.08. The predicted octanol–water partition coefficient (Wildman–Crippen LogP) is 1.32. The molecule has 15 heavy (non-hydrogen) atoms. The van der Waals surface area contributed by atoms with E-state index in [0.717, 1.165) is 23.6 Å². The normalized spacial score (nSPS) is 20.3. The second-order valence-electron chi connectivity index (χ2n) is 3.36. The third-order valence-electron chi connectivity index (χ3n) is 2.50. The number of nitrogens with one attached hydrogen (secondary N) is 1. The Kier molecular flexibility index (Phi) is 3.08. The summed E-state index contributed by atoms with van der Waals surface area (Å²) in [4.78, 5) is 0. The molecule has 4 nitrogen and oxygen atoms in total. The third-order valence-corrected chi connectivity index (χ3v) is 2.50. The Balaban J connectivity index is 2.32. The molecule has 1 aromatic rings. The second-order valence-corrected chi connectivity index (χ2v) is 3.36. The van der Waals surface area contributed by atoms with E-state index >= 15 is 0 Å². The summed E-state index contributed by atoms with van der Waals surface area (Å²) in [5.41, 5.74) is 1.03. The Morgan fingerprint density at radius 2 is 2.20 bits per heavy atom. The number of methoxy groups -OCH3 is 2. The van der Waals surface area contributed by atoms with Gasteiger partial charge in [-0.1, -0.05) is 0 Å². The van der Waals surface area contributed by atoms with Crippen LogP contribution in [-0.2, 0) is 4.74 Å². The van der Waals surface area contributed by atoms with Crippen molar-refractivity contribution in [2.75, 3.05) is 27.5 Å². The summed E-state index contributed by atoms with van der Waals surface area (Å²) in [6.07, 6.45) is 0.0510. The van der Waals surface area contributed by atoms with Crippen LogP contribution < -0.4 is 14.8 Å². The lowest BCUT2D eigenvalue weighted by molar-refractivity contribution is 0.112. The Morgan fingerprint density at radius 3 is 2.80 bits per heavy atom. The molecule has 0 aliphatic carbocycles. The van der Waals surface area contributed by atoms with E-state index in [-0.39, 0.29) is 6.10 Å². The molecule has 82 valence electrons. The van der Waals surface area contributed by atoms with E-state index < -0.39 is 0 Å². The third kappa shape index (κ3) is 2.06. The molecule has 1 aliphatic heterocycles. The maximum absolute atomic E-state index is 5.53. The van der Waals surface area contributed by atoms with Crippen molar-refractivity contribution >= 4 is 0 Å². The van der Waals surface area contributed by atoms with Crippen LogP contribution in [0.5, 0.6) is 11.5 Å². The minimum absolute atomic E-state index is 0.0510. The molecule has 0 amide bonds. The van der Waals surface area contributed by atoms with Gasteiger partial charge >= 0.3 is 0 Å². The molecule has 1 heterocycles. The molecule has 0 bridgehead atoms. The molecule has 1 aromatic carbocycles. The summed E-state index contributed by atoms with van der Waals surface area (Å²) in [5, 5.41) is 3.14. The van der Waals surface area contributed by atoms with Crippen LogP contribution in [0.2, 0.25) is 0 Å². The first-order valence-corrected chi connectivity index (χ1v) is 4.89. The number of hydrogen-bond donors (Lipinski definition) is 1. The molecule has 1 aliphatic rings. The maximum atomic E-state index is 5.53. The minimum Gasteiger partial charge on any atom is -0.497 e. The lowest BCUT2D eigenvalue weighted by Gasteiger charge is -2.14. The van der Waals surface area contributed by atoms with Crippen molar-refractivity contribution in [2.24, 2.45) is 0 Å². The van der Waals surface area contributed by atoms with Crippen LogP contribution in [-0.4, -0.2) is 27.5 Å². The van der Waals surface area contributed by atoms with Crippen LogP contribution in [0.15, 0.2) is 18.2 Å². The number of rotatable bonds is 3. The SMILES string of the molecule is COc1ccc(OC)c(C2CNCO2)c1. The highest BCUT2D eigenvalue weighted by atomic mass is 16.5. The summed E-state index contributed by atoms with van der Waals surface area (Å²) in [6, 6.07) is 5.73. The van der Waals surface area contributed by atoms with Crippen molar-refractivity contribution in [1.82, 2.24) is 5.32 Å². The molecule has 0 aromatic heterocycles. The van der Waals surface area contributed by atoms with Crippen molar-refractivity contribution in [3.8, 4) is 11.5 Å². The monoisotopic (exact) mass is 209 g/mol. The van der Waals surface area contributed by atoms with Gasteiger partial charge in [-0.15, -0.1) is 0 Å². The van der Waals surface area contributed by atoms with E-state index in [1.54, 1.807) is 14.2 Å². The van der Waals surface area contributed by atoms with E-state index in [0.29, 0.717) is 6.73 Å². The van der Waals surface area contributed by atoms with Gasteiger partial charge in [0.25, 0.3) is 0 Å². The smallest absolute Gasteiger partial charge is 0.124 e. The molecule has 2 rings (SSSR count). The van der Waals surface area contributed by atoms with Gasteiger partial charge in [0.2, 0.25) is 0 Å². The van der Waals surface area contributed by atoms with Gasteiger partial charge in [0.05, 0.1) is 21.0 Å². The average molecular weight is 209 g/mol. The van der Waals surface area contributed by atoms with Crippen LogP contribution in [0.4, 0.5) is 0 Å². The highest BCUT2D eigenvalue weighted by Crippen LogP contribution is 2.32. The quantitative estimate of drug-likeness (QED) is 0.815. The zero-order chi connectivity index (χ0) is 10.7. The van der Waals surface area contributed by atoms with Crippen LogP contribution in [0, 0.1) is 0 Å². The van der Waals surface area contributed by atoms with E-state index in [1.165, 1.54) is 0 Å². The lowest BCUT2D eigenvalue weighted by atomic mass is 10.1. The van der Waals surface area contributed by atoms with Crippen LogP contribution >= 0.6 is 0 Å². The second kappa shape index (κ2) is 4.51. The first-order chi connectivity index (χ1) is 7.35. The van der Waals surface area contributed by atoms with Crippen molar-refractivity contribution in [2.45, 2.75) is 6.10 Å². The minimum atomic E-state index is 0.0510. The van der Waals surface area contributed by atoms with Crippen molar-refractivity contribution < 1.29 is 14.2 Å². The van der Waals surface area contributed by atoms with Gasteiger partial charge in [0.1, 0.15) is 17.6 Å². The largest absolute Gasteiger partial charge is 0.497 e. The Bertz CT molecular complexity index is 335. The van der Waals surface area contributed by atoms with Crippen LogP contribution in [0.1, 0.15) is 11.7 Å². The van der Waals surface area contributed by atoms with Crippen molar-refractivity contribution in [3.63, 3.8) is 0 Å². The summed E-state index contributed by atoms with van der Waals surface area (Å²) >= 11 is 0. The zero-order valence-electron chi connectivity index (χ0n) is 8.95. The highest BCUT2D eigenvalue weighted by molar-refractivity contribution is 5.42. The number of ether oxygens (including phenoxy) is 3. The molecule has 0 spiro atoms. The molecule has 4 heteroatoms. The fraction of sp³-hybridized carbons (Fsp3) is 0.455. The maximum Gasteiger partial charge on any atom is 0.124 e. The Morgan fingerprint density at radius 1 is 1.33 bits per heavy atom. The fourth-order valence-electron chi connectivity index (χ4n) is 1.70. The molecular formula is C11H15NO3. The topological polar surface area (TPSA) is 39.7 Å². The van der Waals surface area contributed by atoms with E-state index in [1.807, 2.05) is 18.2 Å². The Labute approximate surface area is 89.1 Å². The summed E-state index contributed by atoms with van der Waals surface area (Å²) in [7, 11) is 3.31. The van der Waals surface area contributed by atoms with Gasteiger partial charge in [-0.05, 0) is 18.2 Å². The first-order valence-electron chi connectivity index (χ1n) is 4.89. The summed E-state index contributed by atoms with van der Waals surface area (Å²) in [5.74, 6) is 1.66. The van der Waals surface area contributed by atoms with Gasteiger partial charge < -0.3 is 14.2 Å². The predicted molar refractivity (Wildman–Crippen MR) is 56.2 cm³/mol. The molecule has 1 unspecified atom stereocenters. The summed E-state index contributed by atoms with van der Waals surface area (Å²) in [6.45, 7) is 1.40. The molecule has 0 radical (unpaired) electrons. The fourth-order valence-corrected chi connectivity index (χ4v) is 1.70. The number of benzene rings is 1.